The molecule has 106 valence electrons. The van der Waals surface area contributed by atoms with Crippen LogP contribution in [-0.2, 0) is 6.54 Å². The molecule has 0 N–H and O–H groups in total. The Morgan fingerprint density at radius 3 is 2.75 bits per heavy atom. The van der Waals surface area contributed by atoms with Crippen LogP contribution in [0.4, 0.5) is 0 Å². The van der Waals surface area contributed by atoms with Crippen LogP contribution in [0.15, 0.2) is 18.2 Å². The Balaban J connectivity index is 1.60. The lowest BCUT2D eigenvalue weighted by molar-refractivity contribution is 0.230. The summed E-state index contributed by atoms with van der Waals surface area (Å²) < 4.78 is 0. The van der Waals surface area contributed by atoms with Gasteiger partial charge in [-0.05, 0) is 62.5 Å². The highest BCUT2D eigenvalue weighted by Crippen LogP contribution is 2.22. The largest absolute Gasteiger partial charge is 0.299 e. The van der Waals surface area contributed by atoms with E-state index in [0.29, 0.717) is 0 Å². The minimum absolute atomic E-state index is 0.766. The van der Waals surface area contributed by atoms with E-state index < -0.39 is 0 Å². The second-order valence-electron chi connectivity index (χ2n) is 6.17. The molecule has 3 rings (SSSR count). The number of rotatable bonds is 3. The number of hydrogen-bond acceptors (Lipinski definition) is 3. The van der Waals surface area contributed by atoms with Gasteiger partial charge in [-0.1, -0.05) is 6.07 Å². The van der Waals surface area contributed by atoms with Crippen molar-refractivity contribution in [2.75, 3.05) is 26.2 Å². The molecular formula is C17H23N3. The van der Waals surface area contributed by atoms with E-state index in [1.54, 1.807) is 0 Å². The molecule has 2 aliphatic heterocycles. The summed E-state index contributed by atoms with van der Waals surface area (Å²) in [6.07, 6.45) is 4.08. The Kier molecular flexibility index (Phi) is 4.05. The van der Waals surface area contributed by atoms with Crippen molar-refractivity contribution in [2.24, 2.45) is 0 Å². The van der Waals surface area contributed by atoms with E-state index in [9.17, 15) is 0 Å². The van der Waals surface area contributed by atoms with Crippen molar-refractivity contribution < 1.29 is 0 Å². The lowest BCUT2D eigenvalue weighted by Crippen LogP contribution is -2.35. The summed E-state index contributed by atoms with van der Waals surface area (Å²) in [5.41, 5.74) is 3.38. The van der Waals surface area contributed by atoms with Crippen LogP contribution < -0.4 is 0 Å². The standard InChI is InChI=1S/C17H23N3/c1-14-10-15(11-18)4-5-16(14)12-19-9-6-17(13-19)20-7-2-3-8-20/h4-5,10,17H,2-3,6-9,12-13H2,1H3. The van der Waals surface area contributed by atoms with Gasteiger partial charge in [0.2, 0.25) is 0 Å². The Morgan fingerprint density at radius 2 is 2.05 bits per heavy atom. The first-order chi connectivity index (χ1) is 9.76. The van der Waals surface area contributed by atoms with Crippen LogP contribution >= 0.6 is 0 Å². The van der Waals surface area contributed by atoms with E-state index in [1.165, 1.54) is 56.6 Å². The first-order valence-corrected chi connectivity index (χ1v) is 7.72. The molecule has 1 atom stereocenters. The molecule has 0 aliphatic carbocycles. The predicted octanol–water partition coefficient (Wildman–Crippen LogP) is 2.54. The van der Waals surface area contributed by atoms with Crippen LogP contribution in [-0.4, -0.2) is 42.0 Å². The third kappa shape index (κ3) is 2.87. The fourth-order valence-electron chi connectivity index (χ4n) is 3.54. The minimum atomic E-state index is 0.766. The lowest BCUT2D eigenvalue weighted by Gasteiger charge is -2.24. The fraction of sp³-hybridized carbons (Fsp3) is 0.588. The number of likely N-dealkylation sites (tertiary alicyclic amines) is 2. The summed E-state index contributed by atoms with van der Waals surface area (Å²) in [4.78, 5) is 5.24. The topological polar surface area (TPSA) is 30.3 Å². The molecular weight excluding hydrogens is 246 g/mol. The first kappa shape index (κ1) is 13.6. The highest BCUT2D eigenvalue weighted by Gasteiger charge is 2.29. The van der Waals surface area contributed by atoms with Gasteiger partial charge in [-0.25, -0.2) is 0 Å². The molecule has 1 aromatic carbocycles. The maximum Gasteiger partial charge on any atom is 0.0991 e. The van der Waals surface area contributed by atoms with E-state index in [2.05, 4.69) is 28.9 Å². The molecule has 2 aliphatic rings. The smallest absolute Gasteiger partial charge is 0.0991 e. The molecule has 0 aromatic heterocycles. The highest BCUT2D eigenvalue weighted by molar-refractivity contribution is 5.37. The number of hydrogen-bond donors (Lipinski definition) is 0. The number of nitriles is 1. The molecule has 0 amide bonds. The zero-order chi connectivity index (χ0) is 13.9. The molecule has 3 nitrogen and oxygen atoms in total. The monoisotopic (exact) mass is 269 g/mol. The van der Waals surface area contributed by atoms with E-state index in [4.69, 9.17) is 5.26 Å². The van der Waals surface area contributed by atoms with Crippen molar-refractivity contribution in [2.45, 2.75) is 38.8 Å². The van der Waals surface area contributed by atoms with Crippen molar-refractivity contribution in [1.82, 2.24) is 9.80 Å². The van der Waals surface area contributed by atoms with Crippen LogP contribution in [0.1, 0.15) is 36.0 Å². The molecule has 0 radical (unpaired) electrons. The van der Waals surface area contributed by atoms with Crippen LogP contribution in [0.25, 0.3) is 0 Å². The summed E-state index contributed by atoms with van der Waals surface area (Å²) >= 11 is 0. The molecule has 0 saturated carbocycles. The molecule has 1 unspecified atom stereocenters. The molecule has 1 aromatic rings. The van der Waals surface area contributed by atoms with Crippen molar-refractivity contribution >= 4 is 0 Å². The molecule has 20 heavy (non-hydrogen) atoms. The van der Waals surface area contributed by atoms with Gasteiger partial charge in [0.15, 0.2) is 0 Å². The normalized spacial score (nSPS) is 24.1. The Morgan fingerprint density at radius 1 is 1.25 bits per heavy atom. The molecule has 0 bridgehead atoms. The fourth-order valence-corrected chi connectivity index (χ4v) is 3.54. The quantitative estimate of drug-likeness (QED) is 0.844. The molecule has 2 fully saturated rings. The van der Waals surface area contributed by atoms with Gasteiger partial charge in [-0.3, -0.25) is 9.80 Å². The highest BCUT2D eigenvalue weighted by atomic mass is 15.3. The van der Waals surface area contributed by atoms with Gasteiger partial charge in [-0.15, -0.1) is 0 Å². The van der Waals surface area contributed by atoms with Crippen LogP contribution in [0.5, 0.6) is 0 Å². The minimum Gasteiger partial charge on any atom is -0.299 e. The van der Waals surface area contributed by atoms with Crippen molar-refractivity contribution in [3.05, 3.63) is 34.9 Å². The van der Waals surface area contributed by atoms with E-state index in [-0.39, 0.29) is 0 Å². The summed E-state index contributed by atoms with van der Waals surface area (Å²) in [7, 11) is 0. The van der Waals surface area contributed by atoms with Crippen molar-refractivity contribution in [3.63, 3.8) is 0 Å². The van der Waals surface area contributed by atoms with E-state index in [1.807, 2.05) is 12.1 Å². The van der Waals surface area contributed by atoms with Crippen LogP contribution in [0.2, 0.25) is 0 Å². The first-order valence-electron chi connectivity index (χ1n) is 7.72. The summed E-state index contributed by atoms with van der Waals surface area (Å²) in [6.45, 7) is 8.16. The van der Waals surface area contributed by atoms with Gasteiger partial charge in [0, 0.05) is 25.7 Å². The molecule has 2 saturated heterocycles. The number of nitrogens with zero attached hydrogens (tertiary/aromatic N) is 3. The maximum atomic E-state index is 8.93. The zero-order valence-electron chi connectivity index (χ0n) is 12.3. The average molecular weight is 269 g/mol. The van der Waals surface area contributed by atoms with Gasteiger partial charge in [0.1, 0.15) is 0 Å². The second-order valence-corrected chi connectivity index (χ2v) is 6.17. The lowest BCUT2D eigenvalue weighted by atomic mass is 10.1. The predicted molar refractivity (Wildman–Crippen MR) is 80.4 cm³/mol. The Bertz CT molecular complexity index is 511. The molecule has 2 heterocycles. The molecule has 0 spiro atoms. The number of benzene rings is 1. The van der Waals surface area contributed by atoms with Gasteiger partial charge in [0.05, 0.1) is 11.6 Å². The van der Waals surface area contributed by atoms with Crippen molar-refractivity contribution in [3.8, 4) is 6.07 Å². The Labute approximate surface area is 121 Å². The number of aryl methyl sites for hydroxylation is 1. The van der Waals surface area contributed by atoms with Gasteiger partial charge in [-0.2, -0.15) is 5.26 Å². The van der Waals surface area contributed by atoms with E-state index >= 15 is 0 Å². The van der Waals surface area contributed by atoms with Gasteiger partial charge >= 0.3 is 0 Å². The van der Waals surface area contributed by atoms with Crippen LogP contribution in [0, 0.1) is 18.3 Å². The van der Waals surface area contributed by atoms with Gasteiger partial charge in [0.25, 0.3) is 0 Å². The summed E-state index contributed by atoms with van der Waals surface area (Å²) in [5.74, 6) is 0. The third-order valence-electron chi connectivity index (χ3n) is 4.77. The summed E-state index contributed by atoms with van der Waals surface area (Å²) in [5, 5.41) is 8.93. The second kappa shape index (κ2) is 5.95. The third-order valence-corrected chi connectivity index (χ3v) is 4.77. The molecule has 3 heteroatoms. The van der Waals surface area contributed by atoms with Gasteiger partial charge < -0.3 is 0 Å². The Hall–Kier alpha value is -1.37. The maximum absolute atomic E-state index is 8.93. The summed E-state index contributed by atoms with van der Waals surface area (Å²) in [6, 6.07) is 9.05. The average Bonchev–Trinajstić information content (AvgIpc) is 3.11. The zero-order valence-corrected chi connectivity index (χ0v) is 12.3. The van der Waals surface area contributed by atoms with E-state index in [0.717, 1.165) is 18.2 Å². The van der Waals surface area contributed by atoms with Crippen molar-refractivity contribution in [1.29, 1.82) is 5.26 Å². The van der Waals surface area contributed by atoms with Crippen LogP contribution in [0.3, 0.4) is 0 Å². The SMILES string of the molecule is Cc1cc(C#N)ccc1CN1CCC(N2CCCC2)C1.